The molecular weight excluding hydrogens is 220 g/mol. The first-order valence-electron chi connectivity index (χ1n) is 5.73. The van der Waals surface area contributed by atoms with E-state index in [1.54, 1.807) is 18.3 Å². The van der Waals surface area contributed by atoms with Crippen molar-refractivity contribution in [3.05, 3.63) is 29.6 Å². The molecule has 0 radical (unpaired) electrons. The second-order valence-electron chi connectivity index (χ2n) is 3.97. The summed E-state index contributed by atoms with van der Waals surface area (Å²) in [7, 11) is 0. The molecule has 1 aromatic rings. The Morgan fingerprint density at radius 3 is 2.82 bits per heavy atom. The molecular formula is C12H16N2O3. The van der Waals surface area contributed by atoms with E-state index < -0.39 is 0 Å². The third-order valence-electron chi connectivity index (χ3n) is 2.71. The molecule has 0 bridgehead atoms. The SMILES string of the molecule is NCc1ccc(C(=O)OC2CCOCC2)nc1. The highest BCUT2D eigenvalue weighted by molar-refractivity contribution is 5.87. The molecule has 5 nitrogen and oxygen atoms in total. The zero-order chi connectivity index (χ0) is 12.1. The van der Waals surface area contributed by atoms with Crippen LogP contribution in [0.15, 0.2) is 18.3 Å². The summed E-state index contributed by atoms with van der Waals surface area (Å²) in [6.07, 6.45) is 3.06. The van der Waals surface area contributed by atoms with Crippen LogP contribution in [0.5, 0.6) is 0 Å². The van der Waals surface area contributed by atoms with Crippen LogP contribution in [-0.4, -0.2) is 30.3 Å². The van der Waals surface area contributed by atoms with E-state index in [2.05, 4.69) is 4.98 Å². The first-order chi connectivity index (χ1) is 8.29. The first kappa shape index (κ1) is 12.0. The molecule has 0 aliphatic carbocycles. The third-order valence-corrected chi connectivity index (χ3v) is 2.71. The summed E-state index contributed by atoms with van der Waals surface area (Å²) < 4.78 is 10.5. The van der Waals surface area contributed by atoms with Crippen molar-refractivity contribution >= 4 is 5.97 Å². The quantitative estimate of drug-likeness (QED) is 0.788. The van der Waals surface area contributed by atoms with Crippen LogP contribution < -0.4 is 5.73 Å². The highest BCUT2D eigenvalue weighted by atomic mass is 16.6. The van der Waals surface area contributed by atoms with Crippen LogP contribution in [0.25, 0.3) is 0 Å². The van der Waals surface area contributed by atoms with Gasteiger partial charge in [0.1, 0.15) is 11.8 Å². The Balaban J connectivity index is 1.93. The average Bonchev–Trinajstić information content (AvgIpc) is 2.40. The molecule has 0 spiro atoms. The lowest BCUT2D eigenvalue weighted by atomic mass is 10.1. The molecule has 0 saturated carbocycles. The highest BCUT2D eigenvalue weighted by Crippen LogP contribution is 2.12. The summed E-state index contributed by atoms with van der Waals surface area (Å²) in [6, 6.07) is 3.43. The Labute approximate surface area is 99.9 Å². The van der Waals surface area contributed by atoms with Crippen molar-refractivity contribution in [3.63, 3.8) is 0 Å². The van der Waals surface area contributed by atoms with Crippen LogP contribution in [0.3, 0.4) is 0 Å². The highest BCUT2D eigenvalue weighted by Gasteiger charge is 2.19. The van der Waals surface area contributed by atoms with Gasteiger partial charge in [-0.25, -0.2) is 9.78 Å². The molecule has 1 aliphatic rings. The van der Waals surface area contributed by atoms with Crippen molar-refractivity contribution in [2.24, 2.45) is 5.73 Å². The Morgan fingerprint density at radius 2 is 2.24 bits per heavy atom. The fraction of sp³-hybridized carbons (Fsp3) is 0.500. The molecule has 0 atom stereocenters. The number of esters is 1. The van der Waals surface area contributed by atoms with Crippen LogP contribution in [0.1, 0.15) is 28.9 Å². The number of carbonyl (C=O) groups is 1. The number of nitrogens with zero attached hydrogens (tertiary/aromatic N) is 1. The van der Waals surface area contributed by atoms with Gasteiger partial charge in [-0.2, -0.15) is 0 Å². The molecule has 1 aromatic heterocycles. The van der Waals surface area contributed by atoms with Gasteiger partial charge in [0.15, 0.2) is 0 Å². The molecule has 0 unspecified atom stereocenters. The minimum absolute atomic E-state index is 0.0489. The lowest BCUT2D eigenvalue weighted by Gasteiger charge is -2.21. The predicted octanol–water partition coefficient (Wildman–Crippen LogP) is 0.876. The Morgan fingerprint density at radius 1 is 1.47 bits per heavy atom. The van der Waals surface area contributed by atoms with Crippen molar-refractivity contribution in [1.82, 2.24) is 4.98 Å². The zero-order valence-electron chi connectivity index (χ0n) is 9.59. The van der Waals surface area contributed by atoms with Gasteiger partial charge in [0.25, 0.3) is 0 Å². The van der Waals surface area contributed by atoms with Gasteiger partial charge >= 0.3 is 5.97 Å². The standard InChI is InChI=1S/C12H16N2O3/c13-7-9-1-2-11(14-8-9)12(15)17-10-3-5-16-6-4-10/h1-2,8,10H,3-7,13H2. The lowest BCUT2D eigenvalue weighted by Crippen LogP contribution is -2.26. The minimum Gasteiger partial charge on any atom is -0.457 e. The van der Waals surface area contributed by atoms with Gasteiger partial charge in [-0.1, -0.05) is 6.07 Å². The fourth-order valence-corrected chi connectivity index (χ4v) is 1.67. The van der Waals surface area contributed by atoms with E-state index in [1.165, 1.54) is 0 Å². The molecule has 2 N–H and O–H groups in total. The molecule has 1 saturated heterocycles. The average molecular weight is 236 g/mol. The van der Waals surface area contributed by atoms with Gasteiger partial charge in [-0.3, -0.25) is 0 Å². The molecule has 17 heavy (non-hydrogen) atoms. The van der Waals surface area contributed by atoms with Gasteiger partial charge in [0.2, 0.25) is 0 Å². The number of aromatic nitrogens is 1. The lowest BCUT2D eigenvalue weighted by molar-refractivity contribution is -0.0163. The van der Waals surface area contributed by atoms with Crippen molar-refractivity contribution in [2.45, 2.75) is 25.5 Å². The number of carbonyl (C=O) groups excluding carboxylic acids is 1. The molecule has 1 fully saturated rings. The summed E-state index contributed by atoms with van der Waals surface area (Å²) in [4.78, 5) is 15.8. The van der Waals surface area contributed by atoms with Crippen LogP contribution in [0.2, 0.25) is 0 Å². The van der Waals surface area contributed by atoms with Crippen LogP contribution in [-0.2, 0) is 16.0 Å². The van der Waals surface area contributed by atoms with Crippen molar-refractivity contribution < 1.29 is 14.3 Å². The van der Waals surface area contributed by atoms with Crippen LogP contribution in [0.4, 0.5) is 0 Å². The van der Waals surface area contributed by atoms with Gasteiger partial charge < -0.3 is 15.2 Å². The van der Waals surface area contributed by atoms with E-state index >= 15 is 0 Å². The maximum Gasteiger partial charge on any atom is 0.357 e. The van der Waals surface area contributed by atoms with E-state index in [0.717, 1.165) is 18.4 Å². The molecule has 1 aliphatic heterocycles. The molecule has 2 heterocycles. The summed E-state index contributed by atoms with van der Waals surface area (Å²) in [5.74, 6) is -0.375. The first-order valence-corrected chi connectivity index (χ1v) is 5.73. The maximum absolute atomic E-state index is 11.8. The number of hydrogen-bond acceptors (Lipinski definition) is 5. The van der Waals surface area contributed by atoms with Crippen molar-refractivity contribution in [2.75, 3.05) is 13.2 Å². The van der Waals surface area contributed by atoms with E-state index in [-0.39, 0.29) is 12.1 Å². The van der Waals surface area contributed by atoms with E-state index in [9.17, 15) is 4.79 Å². The van der Waals surface area contributed by atoms with Crippen molar-refractivity contribution in [1.29, 1.82) is 0 Å². The van der Waals surface area contributed by atoms with Crippen LogP contribution in [0, 0.1) is 0 Å². The number of hydrogen-bond donors (Lipinski definition) is 1. The van der Waals surface area contributed by atoms with Gasteiger partial charge in [0.05, 0.1) is 13.2 Å². The zero-order valence-corrected chi connectivity index (χ0v) is 9.59. The smallest absolute Gasteiger partial charge is 0.357 e. The Kier molecular flexibility index (Phi) is 4.06. The molecule has 2 rings (SSSR count). The summed E-state index contributed by atoms with van der Waals surface area (Å²) in [5, 5.41) is 0. The monoisotopic (exact) mass is 236 g/mol. The predicted molar refractivity (Wildman–Crippen MR) is 61.4 cm³/mol. The summed E-state index contributed by atoms with van der Waals surface area (Å²) >= 11 is 0. The van der Waals surface area contributed by atoms with Gasteiger partial charge in [0, 0.05) is 25.6 Å². The Hall–Kier alpha value is -1.46. The second-order valence-corrected chi connectivity index (χ2v) is 3.97. The fourth-order valence-electron chi connectivity index (χ4n) is 1.67. The number of pyridine rings is 1. The molecule has 0 aromatic carbocycles. The summed E-state index contributed by atoms with van der Waals surface area (Å²) in [6.45, 7) is 1.72. The van der Waals surface area contributed by atoms with E-state index in [1.807, 2.05) is 0 Å². The number of rotatable bonds is 3. The minimum atomic E-state index is -0.375. The summed E-state index contributed by atoms with van der Waals surface area (Å²) in [5.41, 5.74) is 6.68. The second kappa shape index (κ2) is 5.75. The largest absolute Gasteiger partial charge is 0.457 e. The molecule has 92 valence electrons. The topological polar surface area (TPSA) is 74.4 Å². The third kappa shape index (κ3) is 3.25. The van der Waals surface area contributed by atoms with E-state index in [4.69, 9.17) is 15.2 Å². The normalized spacial score (nSPS) is 16.8. The Bertz CT molecular complexity index is 372. The maximum atomic E-state index is 11.8. The van der Waals surface area contributed by atoms with E-state index in [0.29, 0.717) is 25.5 Å². The molecule has 0 amide bonds. The molecule has 5 heteroatoms. The van der Waals surface area contributed by atoms with Gasteiger partial charge in [-0.15, -0.1) is 0 Å². The van der Waals surface area contributed by atoms with Gasteiger partial charge in [-0.05, 0) is 11.6 Å². The number of nitrogens with two attached hydrogens (primary N) is 1. The number of ether oxygens (including phenoxy) is 2. The van der Waals surface area contributed by atoms with Crippen LogP contribution >= 0.6 is 0 Å². The van der Waals surface area contributed by atoms with Crippen molar-refractivity contribution in [3.8, 4) is 0 Å².